The van der Waals surface area contributed by atoms with E-state index < -0.39 is 17.9 Å². The zero-order valence-corrected chi connectivity index (χ0v) is 19.9. The van der Waals surface area contributed by atoms with Crippen LogP contribution in [0.1, 0.15) is 32.6 Å². The van der Waals surface area contributed by atoms with E-state index in [-0.39, 0.29) is 12.4 Å². The Morgan fingerprint density at radius 3 is 2.41 bits per heavy atom. The summed E-state index contributed by atoms with van der Waals surface area (Å²) in [4.78, 5) is 35.9. The number of fused-ring (bicyclic) bond motifs is 1. The van der Waals surface area contributed by atoms with Gasteiger partial charge >= 0.3 is 5.97 Å². The van der Waals surface area contributed by atoms with Crippen molar-refractivity contribution in [2.24, 2.45) is 0 Å². The minimum Gasteiger partial charge on any atom is -0.480 e. The number of aryl methyl sites for hydroxylation is 3. The van der Waals surface area contributed by atoms with Crippen molar-refractivity contribution >= 4 is 43.5 Å². The third-order valence-corrected chi connectivity index (χ3v) is 6.14. The van der Waals surface area contributed by atoms with Gasteiger partial charge in [0.15, 0.2) is 0 Å². The van der Waals surface area contributed by atoms with Gasteiger partial charge in [0, 0.05) is 23.6 Å². The minimum atomic E-state index is -1.07. The van der Waals surface area contributed by atoms with Gasteiger partial charge in [-0.15, -0.1) is 0 Å². The number of H-pyrrole nitrogens is 1. The molecule has 0 spiro atoms. The zero-order valence-electron chi connectivity index (χ0n) is 18.7. The number of anilines is 1. The molecule has 4 rings (SSSR count). The van der Waals surface area contributed by atoms with Crippen molar-refractivity contribution in [3.05, 3.63) is 82.5 Å². The fraction of sp³-hybridized carbons (Fsp3) is 0.200. The maximum absolute atomic E-state index is 12.7. The number of aromatic amines is 1. The number of carbonyl (C=O) groups excluding carboxylic acids is 1. The molecular weight excluding hydrogens is 449 g/mol. The van der Waals surface area contributed by atoms with Crippen molar-refractivity contribution in [2.45, 2.75) is 32.2 Å². The number of nitrogen functional groups attached to an aromatic ring is 1. The molecule has 2 aromatic carbocycles. The first kappa shape index (κ1) is 23.4. The summed E-state index contributed by atoms with van der Waals surface area (Å²) >= 11 is 0. The first-order chi connectivity index (χ1) is 16.3. The predicted octanol–water partition coefficient (Wildman–Crippen LogP) is 2.56. The quantitative estimate of drug-likeness (QED) is 0.290. The molecule has 9 heteroatoms. The lowest BCUT2D eigenvalue weighted by Gasteiger charge is -2.15. The van der Waals surface area contributed by atoms with Gasteiger partial charge in [-0.25, -0.2) is 9.78 Å². The van der Waals surface area contributed by atoms with Crippen LogP contribution in [0.25, 0.3) is 11.0 Å². The fourth-order valence-corrected chi connectivity index (χ4v) is 4.30. The van der Waals surface area contributed by atoms with Crippen LogP contribution in [0, 0.1) is 6.92 Å². The molecule has 0 bridgehead atoms. The molecule has 2 heterocycles. The number of nitrogens with zero attached hydrogens (tertiary/aromatic N) is 2. The first-order valence-electron chi connectivity index (χ1n) is 10.9. The highest BCUT2D eigenvalue weighted by atomic mass is 31.0. The van der Waals surface area contributed by atoms with Gasteiger partial charge in [0.2, 0.25) is 5.95 Å². The van der Waals surface area contributed by atoms with Gasteiger partial charge in [0.25, 0.3) is 5.91 Å². The minimum absolute atomic E-state index is 0.219. The van der Waals surface area contributed by atoms with Gasteiger partial charge in [-0.3, -0.25) is 4.79 Å². The number of rotatable bonds is 8. The van der Waals surface area contributed by atoms with Crippen molar-refractivity contribution < 1.29 is 14.7 Å². The summed E-state index contributed by atoms with van der Waals surface area (Å²) in [5.41, 5.74) is 11.7. The molecule has 2 aromatic heterocycles. The van der Waals surface area contributed by atoms with Crippen molar-refractivity contribution in [3.63, 3.8) is 0 Å². The highest BCUT2D eigenvalue weighted by molar-refractivity contribution is 7.27. The topological polar surface area (TPSA) is 134 Å². The summed E-state index contributed by atoms with van der Waals surface area (Å²) < 4.78 is 0. The molecule has 174 valence electrons. The van der Waals surface area contributed by atoms with Gasteiger partial charge in [0.1, 0.15) is 11.7 Å². The monoisotopic (exact) mass is 475 g/mol. The Bertz CT molecular complexity index is 1330. The van der Waals surface area contributed by atoms with Gasteiger partial charge in [-0.05, 0) is 48.6 Å². The highest BCUT2D eigenvalue weighted by Crippen LogP contribution is 2.19. The molecule has 0 saturated carbocycles. The van der Waals surface area contributed by atoms with Crippen molar-refractivity contribution in [2.75, 3.05) is 5.73 Å². The smallest absolute Gasteiger partial charge is 0.326 e. The molecule has 0 aliphatic carbocycles. The fourth-order valence-electron chi connectivity index (χ4n) is 3.85. The Hall–Kier alpha value is -3.77. The summed E-state index contributed by atoms with van der Waals surface area (Å²) in [6, 6.07) is 13.8. The van der Waals surface area contributed by atoms with Gasteiger partial charge in [-0.2, -0.15) is 4.98 Å². The molecule has 2 atom stereocenters. The number of hydrogen-bond acceptors (Lipinski definition) is 5. The van der Waals surface area contributed by atoms with Gasteiger partial charge < -0.3 is 21.1 Å². The number of aromatic nitrogens is 3. The predicted molar refractivity (Wildman–Crippen MR) is 135 cm³/mol. The number of benzene rings is 2. The van der Waals surface area contributed by atoms with Crippen molar-refractivity contribution in [1.29, 1.82) is 0 Å². The van der Waals surface area contributed by atoms with Gasteiger partial charge in [-0.1, -0.05) is 51.2 Å². The number of aliphatic carboxylic acids is 1. The first-order valence-corrected chi connectivity index (χ1v) is 11.4. The third kappa shape index (κ3) is 5.41. The average molecular weight is 475 g/mol. The Morgan fingerprint density at radius 2 is 1.74 bits per heavy atom. The van der Waals surface area contributed by atoms with E-state index in [0.29, 0.717) is 11.2 Å². The highest BCUT2D eigenvalue weighted by Gasteiger charge is 2.21. The lowest BCUT2D eigenvalue weighted by molar-refractivity contribution is -0.139. The maximum Gasteiger partial charge on any atom is 0.326 e. The van der Waals surface area contributed by atoms with Crippen LogP contribution in [0.4, 0.5) is 5.95 Å². The summed E-state index contributed by atoms with van der Waals surface area (Å²) in [6.45, 7) is 1.97. The number of nitrogens with one attached hydrogen (secondary N) is 2. The number of hydrogen-bond donors (Lipinski definition) is 4. The molecule has 0 aliphatic heterocycles. The normalized spacial score (nSPS) is 11.9. The molecule has 4 aromatic rings. The number of amides is 1. The zero-order chi connectivity index (χ0) is 24.2. The molecule has 8 nitrogen and oxygen atoms in total. The van der Waals surface area contributed by atoms with E-state index in [1.807, 2.05) is 49.5 Å². The van der Waals surface area contributed by atoms with Crippen molar-refractivity contribution in [1.82, 2.24) is 20.3 Å². The molecule has 1 amide bonds. The van der Waals surface area contributed by atoms with E-state index in [9.17, 15) is 14.7 Å². The average Bonchev–Trinajstić information content (AvgIpc) is 3.22. The number of carboxylic acids is 1. The SMILES string of the molecule is Cc1ccc(CC(NC(=O)c2ccc(CCc3c[nH]c4nc(N)nc(P)c34)cc2)C(=O)O)cc1. The van der Waals surface area contributed by atoms with Crippen LogP contribution in [0.3, 0.4) is 0 Å². The van der Waals surface area contributed by atoms with E-state index in [0.717, 1.165) is 45.9 Å². The number of carbonyl (C=O) groups is 2. The van der Waals surface area contributed by atoms with Crippen molar-refractivity contribution in [3.8, 4) is 0 Å². The molecule has 34 heavy (non-hydrogen) atoms. The molecule has 0 fully saturated rings. The van der Waals surface area contributed by atoms with Crippen LogP contribution >= 0.6 is 9.24 Å². The number of carboxylic acid groups (broad SMARTS) is 1. The van der Waals surface area contributed by atoms with E-state index in [4.69, 9.17) is 5.73 Å². The Kier molecular flexibility index (Phi) is 6.89. The summed E-state index contributed by atoms with van der Waals surface area (Å²) in [5.74, 6) is -1.25. The summed E-state index contributed by atoms with van der Waals surface area (Å²) in [7, 11) is 2.59. The van der Waals surface area contributed by atoms with Crippen LogP contribution in [0.2, 0.25) is 0 Å². The largest absolute Gasteiger partial charge is 0.480 e. The second-order valence-corrected chi connectivity index (χ2v) is 8.80. The van der Waals surface area contributed by atoms with E-state index in [2.05, 4.69) is 29.5 Å². The Labute approximate surface area is 199 Å². The molecule has 0 aliphatic rings. The standard InChI is InChI=1S/C25H26N5O3P/c1-14-2-4-16(5-3-14)12-19(24(32)33)28-22(31)17-9-6-15(7-10-17)8-11-18-13-27-21-20(18)23(34)30-25(26)29-21/h2-7,9-10,13,19H,8,11-12,34H2,1H3,(H,28,31)(H,32,33)(H3,26,27,29,30). The second-order valence-electron chi connectivity index (χ2n) is 8.26. The molecule has 2 unspecified atom stereocenters. The van der Waals surface area contributed by atoms with Crippen LogP contribution in [-0.4, -0.2) is 38.0 Å². The Balaban J connectivity index is 1.39. The van der Waals surface area contributed by atoms with Crippen LogP contribution < -0.4 is 16.5 Å². The van der Waals surface area contributed by atoms with Gasteiger partial charge in [0.05, 0.1) is 5.44 Å². The van der Waals surface area contributed by atoms with E-state index in [1.54, 1.807) is 12.1 Å². The van der Waals surface area contributed by atoms with Crippen LogP contribution in [0.15, 0.2) is 54.7 Å². The lowest BCUT2D eigenvalue weighted by atomic mass is 10.0. The lowest BCUT2D eigenvalue weighted by Crippen LogP contribution is -2.42. The molecular formula is C25H26N5O3P. The Morgan fingerprint density at radius 1 is 1.06 bits per heavy atom. The van der Waals surface area contributed by atoms with E-state index >= 15 is 0 Å². The second kappa shape index (κ2) is 10.0. The van der Waals surface area contributed by atoms with Crippen LogP contribution in [0.5, 0.6) is 0 Å². The molecule has 5 N–H and O–H groups in total. The third-order valence-electron chi connectivity index (χ3n) is 5.72. The van der Waals surface area contributed by atoms with E-state index in [1.165, 1.54) is 0 Å². The van der Waals surface area contributed by atoms with Crippen LogP contribution in [-0.2, 0) is 24.1 Å². The summed E-state index contributed by atoms with van der Waals surface area (Å²) in [6.07, 6.45) is 3.65. The summed E-state index contributed by atoms with van der Waals surface area (Å²) in [5, 5.41) is 13.1. The number of nitrogens with two attached hydrogens (primary N) is 1. The molecule has 0 saturated heterocycles. The maximum atomic E-state index is 12.7. The molecule has 0 radical (unpaired) electrons.